The highest BCUT2D eigenvalue weighted by Crippen LogP contribution is 2.40. The Morgan fingerprint density at radius 3 is 2.56 bits per heavy atom. The van der Waals surface area contributed by atoms with E-state index in [1.807, 2.05) is 12.1 Å². The average Bonchev–Trinajstić information content (AvgIpc) is 3.47. The number of carbonyl (C=O) groups is 1. The van der Waals surface area contributed by atoms with Gasteiger partial charge in [-0.2, -0.15) is 0 Å². The number of Topliss-reactive ketones (excluding diaryl/α,β-unsaturated/α-hetero) is 1. The Balaban J connectivity index is 1.40. The predicted molar refractivity (Wildman–Crippen MR) is 160 cm³/mol. The van der Waals surface area contributed by atoms with Crippen LogP contribution >= 0.6 is 0 Å². The second-order valence-electron chi connectivity index (χ2n) is 10.7. The minimum atomic E-state index is -0.385. The van der Waals surface area contributed by atoms with E-state index in [-0.39, 0.29) is 18.2 Å². The number of hydrogen-bond donors (Lipinski definition) is 1. The van der Waals surface area contributed by atoms with Gasteiger partial charge in [-0.15, -0.1) is 0 Å². The van der Waals surface area contributed by atoms with Gasteiger partial charge in [0.25, 0.3) is 0 Å². The maximum atomic E-state index is 13.8. The highest BCUT2D eigenvalue weighted by molar-refractivity contribution is 5.75. The first kappa shape index (κ1) is 28.5. The highest BCUT2D eigenvalue weighted by Gasteiger charge is 2.24. The lowest BCUT2D eigenvalue weighted by atomic mass is 9.97. The van der Waals surface area contributed by atoms with Gasteiger partial charge in [-0.05, 0) is 85.5 Å². The zero-order valence-corrected chi connectivity index (χ0v) is 23.8. The fraction of sp³-hybridized carbons (Fsp3) is 0.314. The number of rotatable bonds is 13. The molecule has 212 valence electrons. The monoisotopic (exact) mass is 552 g/mol. The number of nitrogens with one attached hydrogen (secondary N) is 1. The van der Waals surface area contributed by atoms with Crippen LogP contribution in [0.1, 0.15) is 59.6 Å². The number of ether oxygens (including phenoxy) is 2. The number of fused-ring (bicyclic) bond motifs is 1. The van der Waals surface area contributed by atoms with Crippen molar-refractivity contribution in [2.75, 3.05) is 6.54 Å². The molecule has 5 nitrogen and oxygen atoms in total. The van der Waals surface area contributed by atoms with Crippen LogP contribution in [0.15, 0.2) is 73.1 Å². The largest absolute Gasteiger partial charge is 0.488 e. The lowest BCUT2D eigenvalue weighted by Gasteiger charge is -2.20. The first-order valence-corrected chi connectivity index (χ1v) is 14.4. The molecule has 0 amide bonds. The highest BCUT2D eigenvalue weighted by atomic mass is 19.1. The Morgan fingerprint density at radius 1 is 0.951 bits per heavy atom. The zero-order valence-electron chi connectivity index (χ0n) is 23.8. The standard InChI is InChI=1S/C35H37FN2O3/c1-24(39)9-8-16-37-21-33-31-14-7-15-32(31)34(18-35(33)40-22-26-17-29(36)20-38-19-26)41-23-28-12-6-13-30(25(28)2)27-10-4-3-5-11-27/h3-6,10-13,17-20,37H,7-9,14-16,21-23H2,1-2H3. The summed E-state index contributed by atoms with van der Waals surface area (Å²) >= 11 is 0. The number of benzene rings is 3. The second-order valence-corrected chi connectivity index (χ2v) is 10.7. The van der Waals surface area contributed by atoms with Gasteiger partial charge in [-0.3, -0.25) is 4.98 Å². The maximum Gasteiger partial charge on any atom is 0.141 e. The molecule has 5 rings (SSSR count). The smallest absolute Gasteiger partial charge is 0.141 e. The van der Waals surface area contributed by atoms with Gasteiger partial charge in [0.2, 0.25) is 0 Å². The summed E-state index contributed by atoms with van der Waals surface area (Å²) in [6.45, 7) is 5.81. The molecule has 0 saturated carbocycles. The molecule has 6 heteroatoms. The van der Waals surface area contributed by atoms with Crippen molar-refractivity contribution in [1.29, 1.82) is 0 Å². The molecule has 0 atom stereocenters. The van der Waals surface area contributed by atoms with E-state index in [1.54, 1.807) is 13.1 Å². The summed E-state index contributed by atoms with van der Waals surface area (Å²) in [4.78, 5) is 15.3. The van der Waals surface area contributed by atoms with Crippen molar-refractivity contribution in [3.63, 3.8) is 0 Å². The quantitative estimate of drug-likeness (QED) is 0.176. The molecule has 1 aliphatic rings. The Labute approximate surface area is 241 Å². The van der Waals surface area contributed by atoms with E-state index in [2.05, 4.69) is 59.7 Å². The van der Waals surface area contributed by atoms with Crippen LogP contribution in [0.2, 0.25) is 0 Å². The van der Waals surface area contributed by atoms with Crippen LogP contribution in [-0.4, -0.2) is 17.3 Å². The van der Waals surface area contributed by atoms with Crippen molar-refractivity contribution in [3.05, 3.63) is 112 Å². The Kier molecular flexibility index (Phi) is 9.42. The summed E-state index contributed by atoms with van der Waals surface area (Å²) in [5.74, 6) is 1.39. The summed E-state index contributed by atoms with van der Waals surface area (Å²) < 4.78 is 26.6. The molecule has 4 aromatic rings. The Morgan fingerprint density at radius 2 is 1.76 bits per heavy atom. The normalized spacial score (nSPS) is 12.3. The van der Waals surface area contributed by atoms with Crippen LogP contribution in [0, 0.1) is 12.7 Å². The molecule has 0 saturated heterocycles. The van der Waals surface area contributed by atoms with Gasteiger partial charge in [0.15, 0.2) is 0 Å². The number of pyridine rings is 1. The van der Waals surface area contributed by atoms with E-state index >= 15 is 0 Å². The summed E-state index contributed by atoms with van der Waals surface area (Å²) in [7, 11) is 0. The molecule has 0 unspecified atom stereocenters. The third-order valence-electron chi connectivity index (χ3n) is 7.69. The molecular formula is C35H37FN2O3. The van der Waals surface area contributed by atoms with E-state index in [9.17, 15) is 9.18 Å². The average molecular weight is 553 g/mol. The number of hydrogen-bond acceptors (Lipinski definition) is 5. The third kappa shape index (κ3) is 7.19. The van der Waals surface area contributed by atoms with E-state index in [0.29, 0.717) is 25.1 Å². The number of aromatic nitrogens is 1. The van der Waals surface area contributed by atoms with Crippen LogP contribution < -0.4 is 14.8 Å². The first-order chi connectivity index (χ1) is 20.0. The fourth-order valence-electron chi connectivity index (χ4n) is 5.54. The van der Waals surface area contributed by atoms with Gasteiger partial charge in [-0.25, -0.2) is 4.39 Å². The minimum absolute atomic E-state index is 0.200. The number of halogens is 1. The lowest BCUT2D eigenvalue weighted by Crippen LogP contribution is -2.18. The summed E-state index contributed by atoms with van der Waals surface area (Å²) in [6, 6.07) is 20.2. The lowest BCUT2D eigenvalue weighted by molar-refractivity contribution is -0.117. The SMILES string of the molecule is CC(=O)CCCNCc1c(OCc2cncc(F)c2)cc(OCc2cccc(-c3ccccc3)c2C)c2c1CCC2. The molecule has 0 fully saturated rings. The molecule has 0 bridgehead atoms. The van der Waals surface area contributed by atoms with Crippen LogP contribution in [0.3, 0.4) is 0 Å². The molecule has 0 spiro atoms. The van der Waals surface area contributed by atoms with Crippen molar-refractivity contribution in [3.8, 4) is 22.6 Å². The van der Waals surface area contributed by atoms with Gasteiger partial charge in [-0.1, -0.05) is 48.5 Å². The van der Waals surface area contributed by atoms with E-state index in [4.69, 9.17) is 9.47 Å². The molecule has 0 radical (unpaired) electrons. The molecule has 1 heterocycles. The molecule has 0 aliphatic heterocycles. The van der Waals surface area contributed by atoms with Gasteiger partial charge >= 0.3 is 0 Å². The summed E-state index contributed by atoms with van der Waals surface area (Å²) in [5, 5.41) is 3.50. The molecule has 1 aliphatic carbocycles. The third-order valence-corrected chi connectivity index (χ3v) is 7.69. The zero-order chi connectivity index (χ0) is 28.6. The van der Waals surface area contributed by atoms with Crippen LogP contribution in [0.5, 0.6) is 11.5 Å². The molecule has 3 aromatic carbocycles. The van der Waals surface area contributed by atoms with Crippen molar-refractivity contribution < 1.29 is 18.7 Å². The number of carbonyl (C=O) groups excluding carboxylic acids is 1. The van der Waals surface area contributed by atoms with Crippen LogP contribution in [-0.2, 0) is 37.4 Å². The van der Waals surface area contributed by atoms with E-state index in [1.165, 1.54) is 40.1 Å². The van der Waals surface area contributed by atoms with E-state index < -0.39 is 0 Å². The summed E-state index contributed by atoms with van der Waals surface area (Å²) in [6.07, 6.45) is 7.15. The fourth-order valence-corrected chi connectivity index (χ4v) is 5.54. The molecular weight excluding hydrogens is 515 g/mol. The van der Waals surface area contributed by atoms with Crippen molar-refractivity contribution in [1.82, 2.24) is 10.3 Å². The predicted octanol–water partition coefficient (Wildman–Crippen LogP) is 7.30. The summed E-state index contributed by atoms with van der Waals surface area (Å²) in [5.41, 5.74) is 9.03. The van der Waals surface area contributed by atoms with Crippen molar-refractivity contribution >= 4 is 5.78 Å². The van der Waals surface area contributed by atoms with Gasteiger partial charge in [0.1, 0.15) is 36.3 Å². The van der Waals surface area contributed by atoms with Gasteiger partial charge < -0.3 is 19.6 Å². The molecule has 1 N–H and O–H groups in total. The van der Waals surface area contributed by atoms with Crippen molar-refractivity contribution in [2.24, 2.45) is 0 Å². The maximum absolute atomic E-state index is 13.8. The number of ketones is 1. The second kappa shape index (κ2) is 13.6. The van der Waals surface area contributed by atoms with Gasteiger partial charge in [0, 0.05) is 36.4 Å². The van der Waals surface area contributed by atoms with Crippen molar-refractivity contribution in [2.45, 2.75) is 65.7 Å². The van der Waals surface area contributed by atoms with E-state index in [0.717, 1.165) is 54.9 Å². The topological polar surface area (TPSA) is 60.5 Å². The Hall–Kier alpha value is -4.03. The van der Waals surface area contributed by atoms with Crippen LogP contribution in [0.25, 0.3) is 11.1 Å². The van der Waals surface area contributed by atoms with Crippen LogP contribution in [0.4, 0.5) is 4.39 Å². The minimum Gasteiger partial charge on any atom is -0.488 e. The first-order valence-electron chi connectivity index (χ1n) is 14.4. The molecule has 41 heavy (non-hydrogen) atoms. The number of nitrogens with zero attached hydrogens (tertiary/aromatic N) is 1. The van der Waals surface area contributed by atoms with Gasteiger partial charge in [0.05, 0.1) is 6.20 Å². The Bertz CT molecular complexity index is 1500. The molecule has 1 aromatic heterocycles.